The smallest absolute Gasteiger partial charge is 0.254 e. The monoisotopic (exact) mass is 680 g/mol. The molecule has 3 heterocycles. The fourth-order valence-corrected chi connectivity index (χ4v) is 6.32. The molecule has 1 fully saturated rings. The molecule has 0 unspecified atom stereocenters. The molecule has 2 aromatic heterocycles. The fourth-order valence-electron chi connectivity index (χ4n) is 5.70. The van der Waals surface area contributed by atoms with E-state index in [0.29, 0.717) is 66.9 Å². The van der Waals surface area contributed by atoms with E-state index in [1.807, 2.05) is 35.8 Å². The molecule has 1 aliphatic heterocycles. The molecule has 1 aliphatic rings. The van der Waals surface area contributed by atoms with Gasteiger partial charge in [-0.15, -0.1) is 0 Å². The van der Waals surface area contributed by atoms with Gasteiger partial charge in [-0.05, 0) is 91.9 Å². The third-order valence-electron chi connectivity index (χ3n) is 8.39. The van der Waals surface area contributed by atoms with E-state index in [1.165, 1.54) is 10.9 Å². The molecule has 12 heteroatoms. The Morgan fingerprint density at radius 1 is 1.02 bits per heavy atom. The van der Waals surface area contributed by atoms with Gasteiger partial charge in [-0.25, -0.2) is 14.7 Å². The van der Waals surface area contributed by atoms with Crippen LogP contribution in [0.2, 0.25) is 0 Å². The number of benzene rings is 3. The van der Waals surface area contributed by atoms with E-state index < -0.39 is 10.0 Å². The summed E-state index contributed by atoms with van der Waals surface area (Å²) in [5.74, 6) is 1.89. The summed E-state index contributed by atoms with van der Waals surface area (Å²) in [6, 6.07) is 21.8. The second-order valence-electron chi connectivity index (χ2n) is 12.8. The fraction of sp³-hybridized carbons (Fsp3) is 0.297. The Morgan fingerprint density at radius 2 is 1.80 bits per heavy atom. The van der Waals surface area contributed by atoms with E-state index in [2.05, 4.69) is 29.9 Å². The summed E-state index contributed by atoms with van der Waals surface area (Å²) in [5.41, 5.74) is 10.6. The van der Waals surface area contributed by atoms with Crippen molar-refractivity contribution in [1.82, 2.24) is 19.2 Å². The number of nitriles is 1. The highest BCUT2D eigenvalue weighted by Gasteiger charge is 2.25. The van der Waals surface area contributed by atoms with Crippen molar-refractivity contribution in [3.63, 3.8) is 0 Å². The highest BCUT2D eigenvalue weighted by atomic mass is 32.3. The van der Waals surface area contributed by atoms with Crippen LogP contribution in [0.4, 0.5) is 5.82 Å². The van der Waals surface area contributed by atoms with Crippen LogP contribution in [0.25, 0.3) is 16.6 Å². The third-order valence-corrected chi connectivity index (χ3v) is 9.78. The van der Waals surface area contributed by atoms with Gasteiger partial charge in [0.05, 0.1) is 60.1 Å². The second kappa shape index (κ2) is 14.2. The number of aryl methyl sites for hydroxylation is 1. The number of nitrogens with two attached hydrogens (primary N) is 1. The minimum atomic E-state index is -0.757. The quantitative estimate of drug-likeness (QED) is 0.138. The standard InChI is InChI=1S/C37H40N6O5S/c1-25-18-30(48-29-7-5-6-26(19-29)22-38)9-11-32(25)43-36(39)31(23-40-43)35(44)34-21-28-20-27(37(45)41-12-14-46-15-13-41)8-10-33(28)42(34)24-47-16-17-49(2,3)4/h5-11,18-21,23H,12-17,24,39H2,1-4H3. The zero-order valence-corrected chi connectivity index (χ0v) is 29.0. The average molecular weight is 681 g/mol. The van der Waals surface area contributed by atoms with Gasteiger partial charge in [0.1, 0.15) is 24.0 Å². The van der Waals surface area contributed by atoms with Crippen molar-refractivity contribution in [3.8, 4) is 23.3 Å². The second-order valence-corrected chi connectivity index (χ2v) is 17.4. The number of ketones is 1. The van der Waals surface area contributed by atoms with Gasteiger partial charge in [0.15, 0.2) is 0 Å². The molecule has 0 bridgehead atoms. The minimum Gasteiger partial charge on any atom is -0.457 e. The molecular formula is C37H40N6O5S. The van der Waals surface area contributed by atoms with Gasteiger partial charge in [-0.1, -0.05) is 6.07 Å². The van der Waals surface area contributed by atoms with Crippen LogP contribution in [0.5, 0.6) is 11.5 Å². The van der Waals surface area contributed by atoms with Gasteiger partial charge >= 0.3 is 0 Å². The maximum absolute atomic E-state index is 14.2. The summed E-state index contributed by atoms with van der Waals surface area (Å²) < 4.78 is 20.9. The predicted octanol–water partition coefficient (Wildman–Crippen LogP) is 5.75. The minimum absolute atomic E-state index is 0.0665. The number of hydrogen-bond donors (Lipinski definition) is 1. The largest absolute Gasteiger partial charge is 0.457 e. The molecule has 6 rings (SSSR count). The number of amides is 1. The number of hydrogen-bond acceptors (Lipinski definition) is 8. The van der Waals surface area contributed by atoms with Crippen LogP contribution in [0.15, 0.2) is 72.9 Å². The molecule has 11 nitrogen and oxygen atoms in total. The van der Waals surface area contributed by atoms with Crippen LogP contribution >= 0.6 is 10.0 Å². The molecule has 49 heavy (non-hydrogen) atoms. The summed E-state index contributed by atoms with van der Waals surface area (Å²) >= 11 is 0. The van der Waals surface area contributed by atoms with Crippen molar-refractivity contribution in [1.29, 1.82) is 5.26 Å². The summed E-state index contributed by atoms with van der Waals surface area (Å²) in [6.45, 7) is 4.74. The molecule has 0 aliphatic carbocycles. The molecule has 0 spiro atoms. The third kappa shape index (κ3) is 7.49. The first kappa shape index (κ1) is 33.8. The van der Waals surface area contributed by atoms with Gasteiger partial charge in [0.25, 0.3) is 5.91 Å². The van der Waals surface area contributed by atoms with Crippen molar-refractivity contribution in [3.05, 3.63) is 101 Å². The topological polar surface area (TPSA) is 138 Å². The molecule has 5 aromatic rings. The first-order valence-corrected chi connectivity index (χ1v) is 19.0. The molecule has 1 saturated heterocycles. The summed E-state index contributed by atoms with van der Waals surface area (Å²) in [6.07, 6.45) is 8.19. The van der Waals surface area contributed by atoms with Crippen molar-refractivity contribution < 1.29 is 23.8 Å². The number of aromatic nitrogens is 3. The Morgan fingerprint density at radius 3 is 2.53 bits per heavy atom. The number of morpholine rings is 1. The Labute approximate surface area is 287 Å². The lowest BCUT2D eigenvalue weighted by atomic mass is 10.1. The number of nitrogen functional groups attached to an aromatic ring is 1. The van der Waals surface area contributed by atoms with Crippen LogP contribution in [0, 0.1) is 18.3 Å². The van der Waals surface area contributed by atoms with Gasteiger partial charge in [0.2, 0.25) is 5.78 Å². The number of rotatable bonds is 11. The predicted molar refractivity (Wildman–Crippen MR) is 192 cm³/mol. The van der Waals surface area contributed by atoms with Gasteiger partial charge in [0, 0.05) is 29.8 Å². The van der Waals surface area contributed by atoms with Crippen molar-refractivity contribution >= 4 is 38.4 Å². The average Bonchev–Trinajstić information content (AvgIpc) is 3.66. The van der Waals surface area contributed by atoms with Gasteiger partial charge in [-0.3, -0.25) is 9.59 Å². The lowest BCUT2D eigenvalue weighted by Gasteiger charge is -2.26. The maximum atomic E-state index is 14.2. The lowest BCUT2D eigenvalue weighted by molar-refractivity contribution is 0.0303. The molecule has 0 saturated carbocycles. The normalized spacial score (nSPS) is 13.7. The molecule has 1 amide bonds. The number of ether oxygens (including phenoxy) is 3. The molecule has 2 N–H and O–H groups in total. The molecular weight excluding hydrogens is 641 g/mol. The number of anilines is 1. The van der Waals surface area contributed by atoms with Crippen molar-refractivity contribution in [2.24, 2.45) is 0 Å². The SMILES string of the molecule is Cc1cc(Oc2cccc(C#N)c2)ccc1-n1ncc(C(=O)c2cc3cc(C(=O)N4CCOCC4)ccc3n2COCCS(C)(C)C)c1N. The highest BCUT2D eigenvalue weighted by molar-refractivity contribution is 8.32. The summed E-state index contributed by atoms with van der Waals surface area (Å²) in [5, 5.41) is 14.5. The molecule has 0 radical (unpaired) electrons. The van der Waals surface area contributed by atoms with E-state index in [-0.39, 0.29) is 29.8 Å². The zero-order chi connectivity index (χ0) is 34.7. The number of carbonyl (C=O) groups excluding carboxylic acids is 2. The molecule has 254 valence electrons. The zero-order valence-electron chi connectivity index (χ0n) is 28.1. The van der Waals surface area contributed by atoms with E-state index in [0.717, 1.165) is 22.2 Å². The van der Waals surface area contributed by atoms with Crippen LogP contribution in [-0.4, -0.2) is 88.4 Å². The molecule has 3 aromatic carbocycles. The highest BCUT2D eigenvalue weighted by Crippen LogP contribution is 2.34. The first-order chi connectivity index (χ1) is 23.5. The van der Waals surface area contributed by atoms with Crippen LogP contribution in [-0.2, 0) is 16.2 Å². The lowest BCUT2D eigenvalue weighted by Crippen LogP contribution is -2.40. The van der Waals surface area contributed by atoms with E-state index in [1.54, 1.807) is 47.4 Å². The Kier molecular flexibility index (Phi) is 9.78. The first-order valence-electron chi connectivity index (χ1n) is 15.9. The van der Waals surface area contributed by atoms with Gasteiger partial charge in [-0.2, -0.15) is 10.4 Å². The number of carbonyl (C=O) groups is 2. The Hall–Kier alpha value is -5.09. The van der Waals surface area contributed by atoms with E-state index in [9.17, 15) is 14.9 Å². The van der Waals surface area contributed by atoms with E-state index in [4.69, 9.17) is 19.9 Å². The van der Waals surface area contributed by atoms with Crippen molar-refractivity contribution in [2.45, 2.75) is 13.7 Å². The van der Waals surface area contributed by atoms with Crippen LogP contribution < -0.4 is 10.5 Å². The summed E-state index contributed by atoms with van der Waals surface area (Å²) in [7, 11) is -0.757. The Balaban J connectivity index is 1.30. The van der Waals surface area contributed by atoms with Crippen molar-refractivity contribution in [2.75, 3.05) is 63.2 Å². The number of fused-ring (bicyclic) bond motifs is 1. The Bertz CT molecular complexity index is 2070. The van der Waals surface area contributed by atoms with Crippen LogP contribution in [0.1, 0.15) is 37.5 Å². The van der Waals surface area contributed by atoms with Gasteiger partial charge < -0.3 is 29.4 Å². The maximum Gasteiger partial charge on any atom is 0.254 e. The van der Waals surface area contributed by atoms with E-state index >= 15 is 0 Å². The summed E-state index contributed by atoms with van der Waals surface area (Å²) in [4.78, 5) is 29.3. The van der Waals surface area contributed by atoms with Crippen LogP contribution in [0.3, 0.4) is 0 Å². The number of nitrogens with zero attached hydrogens (tertiary/aromatic N) is 5. The molecule has 0 atom stereocenters.